The minimum atomic E-state index is -0.322. The first kappa shape index (κ1) is 21.9. The van der Waals surface area contributed by atoms with E-state index in [0.29, 0.717) is 60.7 Å². The topological polar surface area (TPSA) is 106 Å². The van der Waals surface area contributed by atoms with Gasteiger partial charge in [0.2, 0.25) is 0 Å². The number of esters is 1. The first-order chi connectivity index (χ1) is 15.4. The molecule has 0 N–H and O–H groups in total. The Balaban J connectivity index is 1.59. The number of anilines is 1. The smallest absolute Gasteiger partial charge is 0.310 e. The van der Waals surface area contributed by atoms with Crippen LogP contribution in [-0.2, 0) is 16.0 Å². The number of carbonyl (C=O) groups excluding carboxylic acids is 2. The summed E-state index contributed by atoms with van der Waals surface area (Å²) in [5, 5.41) is 4.62. The maximum Gasteiger partial charge on any atom is 0.310 e. The number of halogens is 1. The molecule has 10 nitrogen and oxygen atoms in total. The van der Waals surface area contributed by atoms with E-state index in [9.17, 15) is 9.59 Å². The van der Waals surface area contributed by atoms with Crippen LogP contribution in [-0.4, -0.2) is 74.1 Å². The highest BCUT2D eigenvalue weighted by Crippen LogP contribution is 2.26. The number of fused-ring (bicyclic) bond motifs is 1. The molecular weight excluding hydrogens is 434 g/mol. The SMILES string of the molecule is CCOC(=O)Cc1c(C)nc2ncnn2c1N1CCN(C(=O)c2cc(C)nc(Cl)c2)CC1. The summed E-state index contributed by atoms with van der Waals surface area (Å²) in [7, 11) is 0. The maximum absolute atomic E-state index is 13.0. The average Bonchev–Trinajstić information content (AvgIpc) is 3.21. The second kappa shape index (κ2) is 9.07. The molecule has 1 saturated heterocycles. The molecule has 0 atom stereocenters. The van der Waals surface area contributed by atoms with Crippen LogP contribution in [0.2, 0.25) is 5.15 Å². The minimum Gasteiger partial charge on any atom is -0.466 e. The first-order valence-corrected chi connectivity index (χ1v) is 10.8. The first-order valence-electron chi connectivity index (χ1n) is 10.4. The quantitative estimate of drug-likeness (QED) is 0.422. The summed E-state index contributed by atoms with van der Waals surface area (Å²) < 4.78 is 6.80. The van der Waals surface area contributed by atoms with Crippen molar-refractivity contribution < 1.29 is 14.3 Å². The summed E-state index contributed by atoms with van der Waals surface area (Å²) in [6.45, 7) is 7.89. The fraction of sp³-hybridized carbons (Fsp3) is 0.429. The Bertz CT molecular complexity index is 1150. The molecule has 32 heavy (non-hydrogen) atoms. The van der Waals surface area contributed by atoms with Gasteiger partial charge in [0.1, 0.15) is 17.3 Å². The van der Waals surface area contributed by atoms with E-state index in [4.69, 9.17) is 16.3 Å². The Morgan fingerprint density at radius 1 is 1.12 bits per heavy atom. The summed E-state index contributed by atoms with van der Waals surface area (Å²) in [6.07, 6.45) is 1.53. The number of piperazine rings is 1. The van der Waals surface area contributed by atoms with Crippen LogP contribution in [0, 0.1) is 13.8 Å². The largest absolute Gasteiger partial charge is 0.466 e. The van der Waals surface area contributed by atoms with Gasteiger partial charge in [-0.2, -0.15) is 14.6 Å². The van der Waals surface area contributed by atoms with Gasteiger partial charge in [-0.05, 0) is 32.9 Å². The van der Waals surface area contributed by atoms with Gasteiger partial charge in [0.05, 0.1) is 13.0 Å². The monoisotopic (exact) mass is 457 g/mol. The molecule has 11 heteroatoms. The third-order valence-electron chi connectivity index (χ3n) is 5.37. The van der Waals surface area contributed by atoms with Crippen LogP contribution >= 0.6 is 11.6 Å². The van der Waals surface area contributed by atoms with Crippen LogP contribution in [0.4, 0.5) is 5.82 Å². The highest BCUT2D eigenvalue weighted by molar-refractivity contribution is 6.29. The molecule has 1 aliphatic rings. The summed E-state index contributed by atoms with van der Waals surface area (Å²) >= 11 is 6.03. The van der Waals surface area contributed by atoms with E-state index < -0.39 is 0 Å². The van der Waals surface area contributed by atoms with E-state index in [-0.39, 0.29) is 18.3 Å². The molecule has 0 spiro atoms. The number of nitrogens with zero attached hydrogens (tertiary/aromatic N) is 7. The lowest BCUT2D eigenvalue weighted by molar-refractivity contribution is -0.142. The third kappa shape index (κ3) is 4.36. The molecule has 1 aliphatic heterocycles. The van der Waals surface area contributed by atoms with Crippen molar-refractivity contribution in [2.75, 3.05) is 37.7 Å². The highest BCUT2D eigenvalue weighted by atomic mass is 35.5. The van der Waals surface area contributed by atoms with Crippen molar-refractivity contribution in [1.82, 2.24) is 29.5 Å². The van der Waals surface area contributed by atoms with Crippen molar-refractivity contribution in [3.8, 4) is 0 Å². The number of pyridine rings is 1. The van der Waals surface area contributed by atoms with Gasteiger partial charge in [-0.3, -0.25) is 9.59 Å². The van der Waals surface area contributed by atoms with Crippen molar-refractivity contribution >= 4 is 35.1 Å². The van der Waals surface area contributed by atoms with Crippen molar-refractivity contribution in [3.63, 3.8) is 0 Å². The molecule has 1 fully saturated rings. The molecule has 0 bridgehead atoms. The van der Waals surface area contributed by atoms with Gasteiger partial charge in [0.25, 0.3) is 11.7 Å². The molecule has 4 rings (SSSR count). The van der Waals surface area contributed by atoms with E-state index >= 15 is 0 Å². The molecule has 3 aromatic heterocycles. The maximum atomic E-state index is 13.0. The zero-order valence-electron chi connectivity index (χ0n) is 18.2. The van der Waals surface area contributed by atoms with Gasteiger partial charge in [0.15, 0.2) is 0 Å². The van der Waals surface area contributed by atoms with Crippen molar-refractivity contribution in [2.24, 2.45) is 0 Å². The van der Waals surface area contributed by atoms with Gasteiger partial charge < -0.3 is 14.5 Å². The lowest BCUT2D eigenvalue weighted by atomic mass is 10.1. The van der Waals surface area contributed by atoms with Crippen LogP contribution in [0.3, 0.4) is 0 Å². The number of rotatable bonds is 5. The van der Waals surface area contributed by atoms with Gasteiger partial charge in [-0.1, -0.05) is 11.6 Å². The van der Waals surface area contributed by atoms with Crippen molar-refractivity contribution in [3.05, 3.63) is 46.1 Å². The number of aromatic nitrogens is 5. The van der Waals surface area contributed by atoms with E-state index in [1.165, 1.54) is 6.33 Å². The lowest BCUT2D eigenvalue weighted by Crippen LogP contribution is -2.49. The Kier molecular flexibility index (Phi) is 6.22. The third-order valence-corrected chi connectivity index (χ3v) is 5.56. The molecule has 168 valence electrons. The van der Waals surface area contributed by atoms with Crippen molar-refractivity contribution in [2.45, 2.75) is 27.2 Å². The molecule has 0 aromatic carbocycles. The summed E-state index contributed by atoms with van der Waals surface area (Å²) in [5.74, 6) is 0.816. The predicted molar refractivity (Wildman–Crippen MR) is 118 cm³/mol. The summed E-state index contributed by atoms with van der Waals surface area (Å²) in [4.78, 5) is 41.9. The summed E-state index contributed by atoms with van der Waals surface area (Å²) in [6, 6.07) is 3.33. The number of aryl methyl sites for hydroxylation is 2. The molecule has 0 saturated carbocycles. The van der Waals surface area contributed by atoms with Gasteiger partial charge >= 0.3 is 5.97 Å². The number of ether oxygens (including phenoxy) is 1. The van der Waals surface area contributed by atoms with Crippen LogP contribution in [0.25, 0.3) is 5.78 Å². The Hall–Kier alpha value is -3.27. The van der Waals surface area contributed by atoms with Crippen molar-refractivity contribution in [1.29, 1.82) is 0 Å². The van der Waals surface area contributed by atoms with Gasteiger partial charge in [-0.15, -0.1) is 0 Å². The molecular formula is C21H24ClN7O3. The normalized spacial score (nSPS) is 14.1. The van der Waals surface area contributed by atoms with E-state index in [1.807, 2.05) is 6.92 Å². The second-order valence-corrected chi connectivity index (χ2v) is 7.94. The number of carbonyl (C=O) groups is 2. The molecule has 0 aliphatic carbocycles. The molecule has 1 amide bonds. The fourth-order valence-corrected chi connectivity index (χ4v) is 4.16. The van der Waals surface area contributed by atoms with Gasteiger partial charge in [-0.25, -0.2) is 9.97 Å². The molecule has 0 unspecified atom stereocenters. The number of amides is 1. The van der Waals surface area contributed by atoms with E-state index in [2.05, 4.69) is 25.0 Å². The zero-order chi connectivity index (χ0) is 22.8. The average molecular weight is 458 g/mol. The highest BCUT2D eigenvalue weighted by Gasteiger charge is 2.28. The number of hydrogen-bond acceptors (Lipinski definition) is 8. The molecule has 4 heterocycles. The van der Waals surface area contributed by atoms with Crippen LogP contribution in [0.1, 0.15) is 34.2 Å². The Labute approximate surface area is 190 Å². The van der Waals surface area contributed by atoms with Crippen LogP contribution in [0.5, 0.6) is 0 Å². The van der Waals surface area contributed by atoms with Gasteiger partial charge in [0, 0.05) is 48.7 Å². The molecule has 3 aromatic rings. The van der Waals surface area contributed by atoms with Crippen LogP contribution in [0.15, 0.2) is 18.5 Å². The Morgan fingerprint density at radius 2 is 1.88 bits per heavy atom. The van der Waals surface area contributed by atoms with E-state index in [0.717, 1.165) is 11.4 Å². The standard InChI is InChI=1S/C21H24ClN7O3/c1-4-32-18(30)11-16-14(3)26-21-23-12-24-29(21)19(16)27-5-7-28(8-6-27)20(31)15-9-13(2)25-17(22)10-15/h9-10,12H,4-8,11H2,1-3H3. The van der Waals surface area contributed by atoms with Crippen LogP contribution < -0.4 is 4.90 Å². The fourth-order valence-electron chi connectivity index (χ4n) is 3.91. The lowest BCUT2D eigenvalue weighted by Gasteiger charge is -2.37. The zero-order valence-corrected chi connectivity index (χ0v) is 19.0. The van der Waals surface area contributed by atoms with E-state index in [1.54, 1.807) is 35.4 Å². The molecule has 0 radical (unpaired) electrons. The summed E-state index contributed by atoms with van der Waals surface area (Å²) in [5.41, 5.74) is 2.67. The Morgan fingerprint density at radius 3 is 2.56 bits per heavy atom. The second-order valence-electron chi connectivity index (χ2n) is 7.55. The predicted octanol–water partition coefficient (Wildman–Crippen LogP) is 1.86. The number of hydrogen-bond donors (Lipinski definition) is 0. The minimum absolute atomic E-state index is 0.0828.